The van der Waals surface area contributed by atoms with Gasteiger partial charge in [-0.15, -0.1) is 10.3 Å². The highest BCUT2D eigenvalue weighted by molar-refractivity contribution is 6.18. The van der Waals surface area contributed by atoms with Crippen molar-refractivity contribution in [2.24, 2.45) is 10.3 Å². The molecule has 21 heavy (non-hydrogen) atoms. The van der Waals surface area contributed by atoms with Gasteiger partial charge < -0.3 is 9.51 Å². The lowest BCUT2D eigenvalue weighted by Gasteiger charge is -1.96. The third-order valence-corrected chi connectivity index (χ3v) is 2.40. The molecule has 0 heterocycles. The van der Waals surface area contributed by atoms with E-state index < -0.39 is 11.6 Å². The van der Waals surface area contributed by atoms with Crippen LogP contribution < -0.4 is 0 Å². The maximum absolute atomic E-state index is 13.2. The van der Waals surface area contributed by atoms with Crippen molar-refractivity contribution >= 4 is 20.1 Å². The van der Waals surface area contributed by atoms with Crippen molar-refractivity contribution in [1.82, 2.24) is 0 Å². The molecular weight excluding hydrogens is 277 g/mol. The lowest BCUT2D eigenvalue weighted by Crippen LogP contribution is -1.97. The first-order chi connectivity index (χ1) is 10.3. The Balaban J connectivity index is 1.73. The summed E-state index contributed by atoms with van der Waals surface area (Å²) in [5.74, 6) is -0.827. The molecule has 0 unspecified atom stereocenters. The van der Waals surface area contributed by atoms with Crippen LogP contribution in [0.3, 0.4) is 0 Å². The van der Waals surface area contributed by atoms with Crippen molar-refractivity contribution in [2.75, 3.05) is 0 Å². The van der Waals surface area contributed by atoms with Crippen molar-refractivity contribution in [3.8, 4) is 0 Å². The first-order valence-corrected chi connectivity index (χ1v) is 5.96. The fourth-order valence-corrected chi connectivity index (χ4v) is 1.40. The van der Waals surface area contributed by atoms with E-state index in [4.69, 9.17) is 0 Å². The molecule has 0 atom stereocenters. The molecule has 0 aliphatic carbocycles. The molecule has 0 bridgehead atoms. The fraction of sp³-hybridized carbons (Fsp3) is 0. The Morgan fingerprint density at radius 1 is 0.762 bits per heavy atom. The molecule has 4 nitrogen and oxygen atoms in total. The van der Waals surface area contributed by atoms with E-state index in [1.807, 2.05) is 0 Å². The van der Waals surface area contributed by atoms with Gasteiger partial charge in [0.2, 0.25) is 0 Å². The van der Waals surface area contributed by atoms with E-state index in [1.165, 1.54) is 24.6 Å². The van der Waals surface area contributed by atoms with Gasteiger partial charge in [-0.3, -0.25) is 0 Å². The van der Waals surface area contributed by atoms with Crippen molar-refractivity contribution in [3.63, 3.8) is 0 Å². The lowest BCUT2D eigenvalue weighted by molar-refractivity contribution is 0.241. The fourth-order valence-electron chi connectivity index (χ4n) is 1.40. The van der Waals surface area contributed by atoms with E-state index >= 15 is 0 Å². The molecule has 0 N–H and O–H groups in total. The van der Waals surface area contributed by atoms with Gasteiger partial charge in [-0.2, -0.15) is 0 Å². The van der Waals surface area contributed by atoms with Crippen molar-refractivity contribution in [1.29, 1.82) is 0 Å². The molecule has 0 saturated carbocycles. The largest absolute Gasteiger partial charge is 0.704 e. The predicted molar refractivity (Wildman–Crippen MR) is 75.9 cm³/mol. The van der Waals surface area contributed by atoms with Gasteiger partial charge in [0.15, 0.2) is 0 Å². The summed E-state index contributed by atoms with van der Waals surface area (Å²) in [5, 5.41) is 6.94. The van der Waals surface area contributed by atoms with Gasteiger partial charge >= 0.3 is 7.69 Å². The Hall–Kier alpha value is -2.70. The van der Waals surface area contributed by atoms with Crippen LogP contribution in [0.4, 0.5) is 8.78 Å². The van der Waals surface area contributed by atoms with E-state index in [9.17, 15) is 8.78 Å². The number of rotatable bonds is 6. The Labute approximate surface area is 121 Å². The predicted octanol–water partition coefficient (Wildman–Crippen LogP) is 2.90. The molecule has 2 aromatic rings. The van der Waals surface area contributed by atoms with Crippen LogP contribution in [-0.2, 0) is 9.51 Å². The van der Waals surface area contributed by atoms with Crippen LogP contribution in [0.5, 0.6) is 0 Å². The summed E-state index contributed by atoms with van der Waals surface area (Å²) < 4.78 is 35.6. The van der Waals surface area contributed by atoms with Crippen LogP contribution in [0.15, 0.2) is 58.8 Å². The number of nitrogens with zero attached hydrogens (tertiary/aromatic N) is 2. The van der Waals surface area contributed by atoms with Crippen molar-refractivity contribution in [2.45, 2.75) is 0 Å². The molecule has 0 amide bonds. The van der Waals surface area contributed by atoms with E-state index in [0.717, 1.165) is 7.69 Å². The second kappa shape index (κ2) is 7.79. The van der Waals surface area contributed by atoms with E-state index in [0.29, 0.717) is 0 Å². The molecule has 1 radical (unpaired) electrons. The Bertz CT molecular complexity index is 595. The average Bonchev–Trinajstić information content (AvgIpc) is 2.50. The number of oxime groups is 2. The molecule has 2 rings (SSSR count). The van der Waals surface area contributed by atoms with Crippen LogP contribution in [0.1, 0.15) is 11.1 Å². The molecule has 0 saturated heterocycles. The zero-order valence-corrected chi connectivity index (χ0v) is 10.8. The molecule has 2 aromatic carbocycles. The van der Waals surface area contributed by atoms with Gasteiger partial charge in [0, 0.05) is 11.1 Å². The van der Waals surface area contributed by atoms with Crippen LogP contribution in [0, 0.1) is 11.6 Å². The first kappa shape index (κ1) is 14.7. The number of benzene rings is 2. The molecule has 0 aliphatic rings. The summed E-state index contributed by atoms with van der Waals surface area (Å²) in [6, 6.07) is 12.2. The van der Waals surface area contributed by atoms with Gasteiger partial charge in [-0.25, -0.2) is 8.78 Å². The van der Waals surface area contributed by atoms with Gasteiger partial charge in [0.25, 0.3) is 0 Å². The van der Waals surface area contributed by atoms with Gasteiger partial charge in [-0.1, -0.05) is 36.4 Å². The lowest BCUT2D eigenvalue weighted by atomic mass is 10.2. The third kappa shape index (κ3) is 4.72. The number of hydrogen-bond acceptors (Lipinski definition) is 4. The summed E-state index contributed by atoms with van der Waals surface area (Å²) in [7, 11) is 0.828. The van der Waals surface area contributed by atoms with Crippen LogP contribution >= 0.6 is 0 Å². The van der Waals surface area contributed by atoms with Crippen LogP contribution in [0.25, 0.3) is 0 Å². The minimum absolute atomic E-state index is 0.278. The maximum Gasteiger partial charge on any atom is 0.704 e. The highest BCUT2D eigenvalue weighted by Gasteiger charge is 1.99. The smallest absolute Gasteiger partial charge is 0.418 e. The average molecular weight is 287 g/mol. The standard InChI is InChI=1S/C14H10BF2N2O2/c16-13-7-3-1-5-11(13)9-18-20-15-21-19-10-12-6-2-4-8-14(12)17/h1-10H. The quantitative estimate of drug-likeness (QED) is 0.355. The van der Waals surface area contributed by atoms with Crippen molar-refractivity contribution in [3.05, 3.63) is 71.3 Å². The highest BCUT2D eigenvalue weighted by atomic mass is 19.1. The normalized spacial score (nSPS) is 11.0. The monoisotopic (exact) mass is 287 g/mol. The number of halogens is 2. The van der Waals surface area contributed by atoms with Crippen LogP contribution in [-0.4, -0.2) is 20.1 Å². The van der Waals surface area contributed by atoms with Crippen LogP contribution in [0.2, 0.25) is 0 Å². The number of hydrogen-bond donors (Lipinski definition) is 0. The van der Waals surface area contributed by atoms with Gasteiger partial charge in [-0.05, 0) is 12.1 Å². The SMILES string of the molecule is Fc1ccccc1C=NO[B]ON=Cc1ccccc1F. The third-order valence-electron chi connectivity index (χ3n) is 2.40. The highest BCUT2D eigenvalue weighted by Crippen LogP contribution is 2.03. The molecule has 105 valence electrons. The molecule has 0 aliphatic heterocycles. The molecule has 0 spiro atoms. The summed E-state index contributed by atoms with van der Waals surface area (Å²) in [6.07, 6.45) is 2.38. The Morgan fingerprint density at radius 2 is 1.19 bits per heavy atom. The summed E-state index contributed by atoms with van der Waals surface area (Å²) in [5.41, 5.74) is 0.557. The molecular formula is C14H10BF2N2O2. The second-order valence-electron chi connectivity index (χ2n) is 3.82. The van der Waals surface area contributed by atoms with E-state index in [-0.39, 0.29) is 11.1 Å². The van der Waals surface area contributed by atoms with E-state index in [1.54, 1.807) is 36.4 Å². The molecule has 0 aromatic heterocycles. The molecule has 7 heteroatoms. The second-order valence-corrected chi connectivity index (χ2v) is 3.82. The van der Waals surface area contributed by atoms with Gasteiger partial charge in [0.1, 0.15) is 11.6 Å². The Kier molecular flexibility index (Phi) is 5.45. The summed E-state index contributed by atoms with van der Waals surface area (Å²) in [4.78, 5) is 0. The topological polar surface area (TPSA) is 43.2 Å². The molecule has 0 fully saturated rings. The summed E-state index contributed by atoms with van der Waals surface area (Å²) in [6.45, 7) is 0. The minimum atomic E-state index is -0.414. The van der Waals surface area contributed by atoms with Gasteiger partial charge in [0.05, 0.1) is 12.4 Å². The first-order valence-electron chi connectivity index (χ1n) is 5.96. The Morgan fingerprint density at radius 3 is 1.62 bits per heavy atom. The maximum atomic E-state index is 13.2. The van der Waals surface area contributed by atoms with Crippen molar-refractivity contribution < 1.29 is 18.3 Å². The zero-order chi connectivity index (χ0) is 14.9. The summed E-state index contributed by atoms with van der Waals surface area (Å²) >= 11 is 0. The zero-order valence-electron chi connectivity index (χ0n) is 10.8. The van der Waals surface area contributed by atoms with E-state index in [2.05, 4.69) is 19.8 Å². The minimum Gasteiger partial charge on any atom is -0.418 e.